The Kier molecular flexibility index (Phi) is 3.87. The van der Waals surface area contributed by atoms with Gasteiger partial charge in [-0.1, -0.05) is 0 Å². The molecule has 0 radical (unpaired) electrons. The third kappa shape index (κ3) is 3.11. The van der Waals surface area contributed by atoms with Crippen molar-refractivity contribution in [3.8, 4) is 0 Å². The van der Waals surface area contributed by atoms with Crippen LogP contribution in [0.25, 0.3) is 0 Å². The second-order valence-corrected chi connectivity index (χ2v) is 5.02. The molecule has 5 nitrogen and oxygen atoms in total. The Labute approximate surface area is 119 Å². The highest BCUT2D eigenvalue weighted by Crippen LogP contribution is 2.19. The van der Waals surface area contributed by atoms with E-state index in [1.807, 2.05) is 24.1 Å². The lowest BCUT2D eigenvalue weighted by Crippen LogP contribution is -2.36. The minimum Gasteiger partial charge on any atom is -0.381 e. The fourth-order valence-electron chi connectivity index (χ4n) is 2.38. The molecule has 1 fully saturated rings. The molecule has 1 N–H and O–H groups in total. The molecule has 106 valence electrons. The van der Waals surface area contributed by atoms with Crippen molar-refractivity contribution < 1.29 is 4.74 Å². The summed E-state index contributed by atoms with van der Waals surface area (Å²) in [4.78, 5) is 2.36. The van der Waals surface area contributed by atoms with Gasteiger partial charge in [0.2, 0.25) is 0 Å². The standard InChI is InChI=1S/C15H20N4O/c1-18-12-13(11-17-18)10-16-14-2-4-15(5-3-14)19-6-8-20-9-7-19/h2-5,11-12,16H,6-10H2,1H3. The van der Waals surface area contributed by atoms with Crippen molar-refractivity contribution in [2.45, 2.75) is 6.54 Å². The van der Waals surface area contributed by atoms with Gasteiger partial charge in [-0.05, 0) is 24.3 Å². The molecule has 1 aromatic carbocycles. The van der Waals surface area contributed by atoms with Crippen LogP contribution in [0.5, 0.6) is 0 Å². The predicted octanol–water partition coefficient (Wildman–Crippen LogP) is 1.87. The average molecular weight is 272 g/mol. The molecule has 3 rings (SSSR count). The van der Waals surface area contributed by atoms with Crippen LogP contribution in [0.3, 0.4) is 0 Å². The monoisotopic (exact) mass is 272 g/mol. The summed E-state index contributed by atoms with van der Waals surface area (Å²) < 4.78 is 7.19. The third-order valence-corrected chi connectivity index (χ3v) is 3.50. The van der Waals surface area contributed by atoms with Crippen LogP contribution in [-0.2, 0) is 18.3 Å². The first-order valence-electron chi connectivity index (χ1n) is 6.95. The summed E-state index contributed by atoms with van der Waals surface area (Å²) in [5, 5.41) is 7.57. The zero-order valence-corrected chi connectivity index (χ0v) is 11.7. The van der Waals surface area contributed by atoms with Crippen molar-refractivity contribution in [1.82, 2.24) is 9.78 Å². The summed E-state index contributed by atoms with van der Waals surface area (Å²) in [6, 6.07) is 8.58. The number of nitrogens with one attached hydrogen (secondary N) is 1. The quantitative estimate of drug-likeness (QED) is 0.922. The molecule has 1 aliphatic rings. The van der Waals surface area contributed by atoms with Crippen LogP contribution in [-0.4, -0.2) is 36.1 Å². The second-order valence-electron chi connectivity index (χ2n) is 5.02. The van der Waals surface area contributed by atoms with Gasteiger partial charge in [-0.25, -0.2) is 0 Å². The van der Waals surface area contributed by atoms with Crippen molar-refractivity contribution in [3.05, 3.63) is 42.2 Å². The van der Waals surface area contributed by atoms with Crippen LogP contribution >= 0.6 is 0 Å². The number of nitrogens with zero attached hydrogens (tertiary/aromatic N) is 3. The number of hydrogen-bond acceptors (Lipinski definition) is 4. The van der Waals surface area contributed by atoms with Gasteiger partial charge in [-0.2, -0.15) is 5.10 Å². The van der Waals surface area contributed by atoms with E-state index in [2.05, 4.69) is 39.6 Å². The number of anilines is 2. The van der Waals surface area contributed by atoms with E-state index in [0.717, 1.165) is 38.5 Å². The van der Waals surface area contributed by atoms with Crippen molar-refractivity contribution in [1.29, 1.82) is 0 Å². The maximum absolute atomic E-state index is 5.37. The van der Waals surface area contributed by atoms with Crippen molar-refractivity contribution in [2.24, 2.45) is 7.05 Å². The van der Waals surface area contributed by atoms with Crippen molar-refractivity contribution in [3.63, 3.8) is 0 Å². The molecule has 0 saturated carbocycles. The van der Waals surface area contributed by atoms with Gasteiger partial charge in [-0.3, -0.25) is 4.68 Å². The highest BCUT2D eigenvalue weighted by Gasteiger charge is 2.10. The summed E-state index contributed by atoms with van der Waals surface area (Å²) in [6.07, 6.45) is 3.91. The Hall–Kier alpha value is -2.01. The number of hydrogen-bond donors (Lipinski definition) is 1. The Morgan fingerprint density at radius 3 is 2.60 bits per heavy atom. The van der Waals surface area contributed by atoms with E-state index >= 15 is 0 Å². The molecule has 1 aromatic heterocycles. The molecule has 0 bridgehead atoms. The second kappa shape index (κ2) is 5.96. The van der Waals surface area contributed by atoms with E-state index in [1.165, 1.54) is 11.3 Å². The Balaban J connectivity index is 1.58. The first kappa shape index (κ1) is 13.0. The first-order chi connectivity index (χ1) is 9.81. The lowest BCUT2D eigenvalue weighted by Gasteiger charge is -2.28. The molecule has 20 heavy (non-hydrogen) atoms. The van der Waals surface area contributed by atoms with Gasteiger partial charge in [0, 0.05) is 49.8 Å². The molecule has 0 atom stereocenters. The van der Waals surface area contributed by atoms with E-state index in [9.17, 15) is 0 Å². The summed E-state index contributed by atoms with van der Waals surface area (Å²) >= 11 is 0. The molecule has 0 aliphatic carbocycles. The predicted molar refractivity (Wildman–Crippen MR) is 80.0 cm³/mol. The van der Waals surface area contributed by atoms with Crippen molar-refractivity contribution in [2.75, 3.05) is 36.5 Å². The summed E-state index contributed by atoms with van der Waals surface area (Å²) in [5.74, 6) is 0. The van der Waals surface area contributed by atoms with Gasteiger partial charge in [0.25, 0.3) is 0 Å². The molecule has 1 aliphatic heterocycles. The topological polar surface area (TPSA) is 42.3 Å². The van der Waals surface area contributed by atoms with E-state index < -0.39 is 0 Å². The molecule has 0 spiro atoms. The van der Waals surface area contributed by atoms with E-state index in [1.54, 1.807) is 0 Å². The van der Waals surface area contributed by atoms with E-state index in [0.29, 0.717) is 0 Å². The lowest BCUT2D eigenvalue weighted by molar-refractivity contribution is 0.122. The van der Waals surface area contributed by atoms with Crippen LogP contribution in [0.15, 0.2) is 36.7 Å². The van der Waals surface area contributed by atoms with E-state index in [-0.39, 0.29) is 0 Å². The normalized spacial score (nSPS) is 15.3. The fraction of sp³-hybridized carbons (Fsp3) is 0.400. The SMILES string of the molecule is Cn1cc(CNc2ccc(N3CCOCC3)cc2)cn1. The van der Waals surface area contributed by atoms with E-state index in [4.69, 9.17) is 4.74 Å². The van der Waals surface area contributed by atoms with Crippen LogP contribution in [0.2, 0.25) is 0 Å². The number of morpholine rings is 1. The van der Waals surface area contributed by atoms with Gasteiger partial charge < -0.3 is 15.0 Å². The molecule has 5 heteroatoms. The number of benzene rings is 1. The average Bonchev–Trinajstić information content (AvgIpc) is 2.92. The largest absolute Gasteiger partial charge is 0.381 e. The Morgan fingerprint density at radius 1 is 1.20 bits per heavy atom. The number of rotatable bonds is 4. The Bertz CT molecular complexity index is 543. The summed E-state index contributed by atoms with van der Waals surface area (Å²) in [7, 11) is 1.93. The van der Waals surface area contributed by atoms with Gasteiger partial charge in [0.05, 0.1) is 19.4 Å². The lowest BCUT2D eigenvalue weighted by atomic mass is 10.2. The minimum absolute atomic E-state index is 0.796. The van der Waals surface area contributed by atoms with Gasteiger partial charge in [-0.15, -0.1) is 0 Å². The fourth-order valence-corrected chi connectivity index (χ4v) is 2.38. The molecule has 0 unspecified atom stereocenters. The van der Waals surface area contributed by atoms with Gasteiger partial charge in [0.15, 0.2) is 0 Å². The first-order valence-corrected chi connectivity index (χ1v) is 6.95. The maximum Gasteiger partial charge on any atom is 0.0642 e. The number of aryl methyl sites for hydroxylation is 1. The summed E-state index contributed by atoms with van der Waals surface area (Å²) in [6.45, 7) is 4.39. The molecule has 2 aromatic rings. The van der Waals surface area contributed by atoms with Gasteiger partial charge in [0.1, 0.15) is 0 Å². The van der Waals surface area contributed by atoms with Gasteiger partial charge >= 0.3 is 0 Å². The minimum atomic E-state index is 0.796. The smallest absolute Gasteiger partial charge is 0.0642 e. The van der Waals surface area contributed by atoms with Crippen LogP contribution in [0.1, 0.15) is 5.56 Å². The van der Waals surface area contributed by atoms with Crippen LogP contribution in [0, 0.1) is 0 Å². The van der Waals surface area contributed by atoms with Crippen LogP contribution < -0.4 is 10.2 Å². The number of aromatic nitrogens is 2. The third-order valence-electron chi connectivity index (χ3n) is 3.50. The van der Waals surface area contributed by atoms with Crippen molar-refractivity contribution >= 4 is 11.4 Å². The summed E-state index contributed by atoms with van der Waals surface area (Å²) in [5.41, 5.74) is 3.58. The Morgan fingerprint density at radius 2 is 1.95 bits per heavy atom. The molecule has 1 saturated heterocycles. The zero-order chi connectivity index (χ0) is 13.8. The molecular weight excluding hydrogens is 252 g/mol. The molecule has 2 heterocycles. The number of ether oxygens (including phenoxy) is 1. The molecular formula is C15H20N4O. The highest BCUT2D eigenvalue weighted by molar-refractivity contribution is 5.55. The maximum atomic E-state index is 5.37. The highest BCUT2D eigenvalue weighted by atomic mass is 16.5. The van der Waals surface area contributed by atoms with Crippen LogP contribution in [0.4, 0.5) is 11.4 Å². The zero-order valence-electron chi connectivity index (χ0n) is 11.7. The molecule has 0 amide bonds.